The Balaban J connectivity index is 1.88. The van der Waals surface area contributed by atoms with E-state index in [1.807, 2.05) is 32.0 Å². The highest BCUT2D eigenvalue weighted by molar-refractivity contribution is 5.95. The molecule has 0 bridgehead atoms. The summed E-state index contributed by atoms with van der Waals surface area (Å²) in [5, 5.41) is 2.71. The number of hydrogen-bond donors (Lipinski definition) is 1. The molecule has 0 saturated carbocycles. The Bertz CT molecular complexity index is 730. The first-order valence-electron chi connectivity index (χ1n) is 8.99. The van der Waals surface area contributed by atoms with Crippen molar-refractivity contribution in [1.29, 1.82) is 0 Å². The van der Waals surface area contributed by atoms with Crippen molar-refractivity contribution in [2.75, 3.05) is 11.9 Å². The van der Waals surface area contributed by atoms with E-state index in [9.17, 15) is 9.59 Å². The molecule has 1 amide bonds. The lowest BCUT2D eigenvalue weighted by Crippen LogP contribution is -2.36. The standard InChI is InChI=1S/C21H25NO5/c1-4-19(27-18-9-7-6-8-10-18)21(24)26-15(3)20(23)22-16-11-13-17(14-12-16)25-5-2/h6-15,19H,4-5H2,1-3H3,(H,22,23)/t15-,19-/m1/s1. The van der Waals surface area contributed by atoms with E-state index < -0.39 is 24.1 Å². The Morgan fingerprint density at radius 1 is 0.963 bits per heavy atom. The summed E-state index contributed by atoms with van der Waals surface area (Å²) in [6.07, 6.45) is -1.29. The Hall–Kier alpha value is -3.02. The van der Waals surface area contributed by atoms with Crippen molar-refractivity contribution in [3.8, 4) is 11.5 Å². The molecule has 1 N–H and O–H groups in total. The van der Waals surface area contributed by atoms with Crippen LogP contribution in [0, 0.1) is 0 Å². The molecule has 0 heterocycles. The van der Waals surface area contributed by atoms with Gasteiger partial charge in [-0.15, -0.1) is 0 Å². The van der Waals surface area contributed by atoms with Crippen LogP contribution in [0.2, 0.25) is 0 Å². The molecule has 2 atom stereocenters. The smallest absolute Gasteiger partial charge is 0.348 e. The maximum atomic E-state index is 12.3. The lowest BCUT2D eigenvalue weighted by molar-refractivity contribution is -0.160. The second-order valence-corrected chi connectivity index (χ2v) is 5.85. The summed E-state index contributed by atoms with van der Waals surface area (Å²) >= 11 is 0. The van der Waals surface area contributed by atoms with Crippen molar-refractivity contribution >= 4 is 17.6 Å². The highest BCUT2D eigenvalue weighted by atomic mass is 16.6. The van der Waals surface area contributed by atoms with Crippen LogP contribution in [-0.2, 0) is 14.3 Å². The largest absolute Gasteiger partial charge is 0.494 e. The van der Waals surface area contributed by atoms with E-state index in [2.05, 4.69) is 5.32 Å². The summed E-state index contributed by atoms with van der Waals surface area (Å²) in [6.45, 7) is 5.82. The van der Waals surface area contributed by atoms with E-state index in [4.69, 9.17) is 14.2 Å². The van der Waals surface area contributed by atoms with Crippen LogP contribution in [0.3, 0.4) is 0 Å². The molecule has 0 unspecified atom stereocenters. The van der Waals surface area contributed by atoms with Gasteiger partial charge in [0, 0.05) is 5.69 Å². The molecule has 6 heteroatoms. The number of hydrogen-bond acceptors (Lipinski definition) is 5. The van der Waals surface area contributed by atoms with Gasteiger partial charge in [-0.1, -0.05) is 25.1 Å². The van der Waals surface area contributed by atoms with Gasteiger partial charge in [-0.2, -0.15) is 0 Å². The van der Waals surface area contributed by atoms with Gasteiger partial charge in [0.15, 0.2) is 12.2 Å². The number of ether oxygens (including phenoxy) is 3. The molecule has 6 nitrogen and oxygen atoms in total. The minimum atomic E-state index is -0.947. The molecular weight excluding hydrogens is 346 g/mol. The molecule has 0 aliphatic heterocycles. The fourth-order valence-electron chi connectivity index (χ4n) is 2.31. The second-order valence-electron chi connectivity index (χ2n) is 5.85. The molecule has 0 fully saturated rings. The summed E-state index contributed by atoms with van der Waals surface area (Å²) in [6, 6.07) is 16.0. The summed E-state index contributed by atoms with van der Waals surface area (Å²) in [7, 11) is 0. The SMILES string of the molecule is CCOc1ccc(NC(=O)[C@@H](C)OC(=O)[C@@H](CC)Oc2ccccc2)cc1. The fraction of sp³-hybridized carbons (Fsp3) is 0.333. The average molecular weight is 371 g/mol. The van der Waals surface area contributed by atoms with Crippen LogP contribution < -0.4 is 14.8 Å². The predicted molar refractivity (Wildman–Crippen MR) is 103 cm³/mol. The van der Waals surface area contributed by atoms with Crippen LogP contribution in [0.25, 0.3) is 0 Å². The van der Waals surface area contributed by atoms with Gasteiger partial charge in [-0.05, 0) is 56.7 Å². The zero-order valence-electron chi connectivity index (χ0n) is 15.8. The van der Waals surface area contributed by atoms with E-state index in [1.54, 1.807) is 36.4 Å². The van der Waals surface area contributed by atoms with Crippen LogP contribution in [-0.4, -0.2) is 30.7 Å². The third kappa shape index (κ3) is 6.33. The first-order chi connectivity index (χ1) is 13.0. The lowest BCUT2D eigenvalue weighted by Gasteiger charge is -2.19. The molecule has 0 spiro atoms. The first-order valence-corrected chi connectivity index (χ1v) is 8.99. The Morgan fingerprint density at radius 2 is 1.63 bits per heavy atom. The lowest BCUT2D eigenvalue weighted by atomic mass is 10.2. The first kappa shape index (κ1) is 20.3. The average Bonchev–Trinajstić information content (AvgIpc) is 2.68. The molecule has 27 heavy (non-hydrogen) atoms. The number of rotatable bonds is 9. The molecule has 2 rings (SSSR count). The van der Waals surface area contributed by atoms with Gasteiger partial charge in [-0.3, -0.25) is 4.79 Å². The molecule has 2 aromatic carbocycles. The third-order valence-electron chi connectivity index (χ3n) is 3.75. The zero-order valence-corrected chi connectivity index (χ0v) is 15.8. The van der Waals surface area contributed by atoms with E-state index >= 15 is 0 Å². The Labute approximate surface area is 159 Å². The van der Waals surface area contributed by atoms with Crippen LogP contribution in [0.4, 0.5) is 5.69 Å². The Morgan fingerprint density at radius 3 is 2.22 bits per heavy atom. The summed E-state index contributed by atoms with van der Waals surface area (Å²) in [5.74, 6) is 0.310. The molecule has 144 valence electrons. The van der Waals surface area contributed by atoms with Gasteiger partial charge < -0.3 is 19.5 Å². The highest BCUT2D eigenvalue weighted by Crippen LogP contribution is 2.17. The quantitative estimate of drug-likeness (QED) is 0.679. The van der Waals surface area contributed by atoms with E-state index in [0.717, 1.165) is 5.75 Å². The van der Waals surface area contributed by atoms with Crippen LogP contribution in [0.15, 0.2) is 54.6 Å². The fourth-order valence-corrected chi connectivity index (χ4v) is 2.31. The number of esters is 1. The molecular formula is C21H25NO5. The number of amides is 1. The third-order valence-corrected chi connectivity index (χ3v) is 3.75. The number of nitrogens with one attached hydrogen (secondary N) is 1. The number of anilines is 1. The molecule has 0 radical (unpaired) electrons. The number of carbonyl (C=O) groups excluding carboxylic acids is 2. The molecule has 2 aromatic rings. The normalized spacial score (nSPS) is 12.6. The van der Waals surface area contributed by atoms with Crippen LogP contribution in [0.1, 0.15) is 27.2 Å². The molecule has 0 aliphatic rings. The Kier molecular flexibility index (Phi) is 7.67. The molecule has 0 aromatic heterocycles. The van der Waals surface area contributed by atoms with Crippen molar-refractivity contribution in [2.24, 2.45) is 0 Å². The number of carbonyl (C=O) groups is 2. The maximum Gasteiger partial charge on any atom is 0.348 e. The van der Waals surface area contributed by atoms with E-state index in [1.165, 1.54) is 6.92 Å². The maximum absolute atomic E-state index is 12.3. The van der Waals surface area contributed by atoms with Gasteiger partial charge in [-0.25, -0.2) is 4.79 Å². The molecule has 0 saturated heterocycles. The summed E-state index contributed by atoms with van der Waals surface area (Å²) in [4.78, 5) is 24.6. The van der Waals surface area contributed by atoms with Crippen LogP contribution in [0.5, 0.6) is 11.5 Å². The molecule has 0 aliphatic carbocycles. The highest BCUT2D eigenvalue weighted by Gasteiger charge is 2.25. The van der Waals surface area contributed by atoms with Crippen molar-refractivity contribution in [1.82, 2.24) is 0 Å². The van der Waals surface area contributed by atoms with Crippen LogP contribution >= 0.6 is 0 Å². The topological polar surface area (TPSA) is 73.9 Å². The van der Waals surface area contributed by atoms with Gasteiger partial charge in [0.25, 0.3) is 5.91 Å². The minimum Gasteiger partial charge on any atom is -0.494 e. The van der Waals surface area contributed by atoms with E-state index in [0.29, 0.717) is 24.5 Å². The number of benzene rings is 2. The summed E-state index contributed by atoms with van der Waals surface area (Å²) in [5.41, 5.74) is 0.596. The minimum absolute atomic E-state index is 0.415. The summed E-state index contributed by atoms with van der Waals surface area (Å²) < 4.78 is 16.3. The van der Waals surface area contributed by atoms with Gasteiger partial charge in [0.1, 0.15) is 11.5 Å². The van der Waals surface area contributed by atoms with Crippen molar-refractivity contribution in [3.63, 3.8) is 0 Å². The van der Waals surface area contributed by atoms with Crippen molar-refractivity contribution in [2.45, 2.75) is 39.4 Å². The van der Waals surface area contributed by atoms with Gasteiger partial charge in [0.05, 0.1) is 6.61 Å². The van der Waals surface area contributed by atoms with Crippen molar-refractivity contribution < 1.29 is 23.8 Å². The monoisotopic (exact) mass is 371 g/mol. The van der Waals surface area contributed by atoms with Crippen molar-refractivity contribution in [3.05, 3.63) is 54.6 Å². The van der Waals surface area contributed by atoms with Gasteiger partial charge >= 0.3 is 5.97 Å². The second kappa shape index (κ2) is 10.2. The number of para-hydroxylation sites is 1. The predicted octanol–water partition coefficient (Wildman–Crippen LogP) is 3.81. The van der Waals surface area contributed by atoms with E-state index in [-0.39, 0.29) is 0 Å². The zero-order chi connectivity index (χ0) is 19.6. The van der Waals surface area contributed by atoms with Gasteiger partial charge in [0.2, 0.25) is 0 Å².